The van der Waals surface area contributed by atoms with E-state index in [4.69, 9.17) is 4.74 Å². The van der Waals surface area contributed by atoms with Crippen LogP contribution in [0.1, 0.15) is 45.4 Å². The van der Waals surface area contributed by atoms with Crippen LogP contribution in [0.4, 0.5) is 10.5 Å². The van der Waals surface area contributed by atoms with Crippen LogP contribution in [0.3, 0.4) is 0 Å². The number of anilines is 1. The molecule has 1 saturated heterocycles. The lowest BCUT2D eigenvalue weighted by atomic mass is 10.1. The number of ether oxygens (including phenoxy) is 1. The molecule has 2 amide bonds. The Morgan fingerprint density at radius 1 is 1.31 bits per heavy atom. The summed E-state index contributed by atoms with van der Waals surface area (Å²) >= 11 is 0. The quantitative estimate of drug-likeness (QED) is 0.813. The van der Waals surface area contributed by atoms with Gasteiger partial charge in [-0.25, -0.2) is 14.8 Å². The molecule has 7 heteroatoms. The lowest BCUT2D eigenvalue weighted by Crippen LogP contribution is -2.49. The highest BCUT2D eigenvalue weighted by Gasteiger charge is 2.36. The van der Waals surface area contributed by atoms with Gasteiger partial charge in [0.2, 0.25) is 0 Å². The van der Waals surface area contributed by atoms with E-state index in [1.54, 1.807) is 19.5 Å². The number of carbonyl (C=O) groups is 1. The number of aromatic nitrogens is 2. The highest BCUT2D eigenvalue weighted by Crippen LogP contribution is 2.28. The van der Waals surface area contributed by atoms with Crippen molar-refractivity contribution in [3.05, 3.63) is 18.2 Å². The van der Waals surface area contributed by atoms with Crippen LogP contribution in [0, 0.1) is 5.92 Å². The number of nitrogens with one attached hydrogen (secondary N) is 2. The molecule has 0 bridgehead atoms. The van der Waals surface area contributed by atoms with E-state index in [2.05, 4.69) is 39.3 Å². The van der Waals surface area contributed by atoms with Crippen molar-refractivity contribution in [1.29, 1.82) is 0 Å². The van der Waals surface area contributed by atoms with Crippen LogP contribution in [0.2, 0.25) is 0 Å². The Labute approximate surface area is 155 Å². The second-order valence-corrected chi connectivity index (χ2v) is 7.83. The molecular weight excluding hydrogens is 330 g/mol. The topological polar surface area (TPSA) is 79.4 Å². The maximum atomic E-state index is 12.4. The highest BCUT2D eigenvalue weighted by molar-refractivity contribution is 5.89. The summed E-state index contributed by atoms with van der Waals surface area (Å²) in [6.07, 6.45) is 8.91. The average Bonchev–Trinajstić information content (AvgIpc) is 3.24. The zero-order valence-electron chi connectivity index (χ0n) is 16.1. The molecular formula is C19H31N5O2. The van der Waals surface area contributed by atoms with Crippen LogP contribution in [0.25, 0.3) is 0 Å². The van der Waals surface area contributed by atoms with Gasteiger partial charge in [-0.2, -0.15) is 0 Å². The van der Waals surface area contributed by atoms with Gasteiger partial charge >= 0.3 is 6.03 Å². The lowest BCUT2D eigenvalue weighted by Gasteiger charge is -2.29. The van der Waals surface area contributed by atoms with Gasteiger partial charge in [-0.3, -0.25) is 4.90 Å². The summed E-state index contributed by atoms with van der Waals surface area (Å²) in [6, 6.07) is 0.418. The summed E-state index contributed by atoms with van der Waals surface area (Å²) in [7, 11) is 1.78. The van der Waals surface area contributed by atoms with Crippen molar-refractivity contribution in [3.63, 3.8) is 0 Å². The minimum absolute atomic E-state index is 0.176. The van der Waals surface area contributed by atoms with Gasteiger partial charge in [0.05, 0.1) is 24.2 Å². The van der Waals surface area contributed by atoms with Crippen molar-refractivity contribution in [2.45, 2.75) is 64.1 Å². The second kappa shape index (κ2) is 8.77. The van der Waals surface area contributed by atoms with Crippen LogP contribution in [-0.4, -0.2) is 59.3 Å². The third-order valence-corrected chi connectivity index (χ3v) is 5.33. The number of rotatable bonds is 6. The van der Waals surface area contributed by atoms with Crippen LogP contribution >= 0.6 is 0 Å². The smallest absolute Gasteiger partial charge is 0.319 e. The van der Waals surface area contributed by atoms with Gasteiger partial charge in [-0.05, 0) is 31.6 Å². The van der Waals surface area contributed by atoms with E-state index in [-0.39, 0.29) is 12.1 Å². The van der Waals surface area contributed by atoms with Crippen molar-refractivity contribution >= 4 is 11.7 Å². The van der Waals surface area contributed by atoms with Gasteiger partial charge in [-0.15, -0.1) is 0 Å². The van der Waals surface area contributed by atoms with E-state index in [9.17, 15) is 4.79 Å². The molecule has 1 saturated carbocycles. The largest absolute Gasteiger partial charge is 0.380 e. The van der Waals surface area contributed by atoms with Crippen LogP contribution in [0.15, 0.2) is 12.4 Å². The maximum absolute atomic E-state index is 12.4. The first kappa shape index (κ1) is 19.0. The summed E-state index contributed by atoms with van der Waals surface area (Å²) in [6.45, 7) is 6.28. The zero-order valence-corrected chi connectivity index (χ0v) is 16.1. The van der Waals surface area contributed by atoms with E-state index in [0.29, 0.717) is 23.8 Å². The number of hydrogen-bond donors (Lipinski definition) is 2. The number of nitrogens with zero attached hydrogens (tertiary/aromatic N) is 3. The fourth-order valence-corrected chi connectivity index (χ4v) is 4.02. The fourth-order valence-electron chi connectivity index (χ4n) is 4.02. The van der Waals surface area contributed by atoms with Gasteiger partial charge in [0, 0.05) is 38.7 Å². The predicted molar refractivity (Wildman–Crippen MR) is 101 cm³/mol. The molecule has 2 heterocycles. The Bertz CT molecular complexity index is 592. The number of amides is 2. The SMILES string of the molecule is COC1CCN([C@@H]2CCC[C@@H]2NC(=O)Nc2cnc(CC(C)C)nc2)C1. The summed E-state index contributed by atoms with van der Waals surface area (Å²) in [5.74, 6) is 1.32. The van der Waals surface area contributed by atoms with E-state index in [0.717, 1.165) is 51.0 Å². The first-order valence-corrected chi connectivity index (χ1v) is 9.70. The van der Waals surface area contributed by atoms with Crippen molar-refractivity contribution in [2.75, 3.05) is 25.5 Å². The van der Waals surface area contributed by atoms with Crippen molar-refractivity contribution in [1.82, 2.24) is 20.2 Å². The third-order valence-electron chi connectivity index (χ3n) is 5.33. The second-order valence-electron chi connectivity index (χ2n) is 7.83. The molecule has 26 heavy (non-hydrogen) atoms. The third kappa shape index (κ3) is 4.92. The maximum Gasteiger partial charge on any atom is 0.319 e. The number of urea groups is 1. The number of hydrogen-bond acceptors (Lipinski definition) is 5. The van der Waals surface area contributed by atoms with Crippen LogP contribution in [-0.2, 0) is 11.2 Å². The minimum atomic E-state index is -0.176. The molecule has 1 aliphatic carbocycles. The number of carbonyl (C=O) groups excluding carboxylic acids is 1. The molecule has 0 aromatic carbocycles. The van der Waals surface area contributed by atoms with Crippen molar-refractivity contribution in [2.24, 2.45) is 5.92 Å². The zero-order chi connectivity index (χ0) is 18.5. The predicted octanol–water partition coefficient (Wildman–Crippen LogP) is 2.44. The average molecular weight is 361 g/mol. The molecule has 0 radical (unpaired) electrons. The molecule has 144 valence electrons. The molecule has 2 aliphatic rings. The Balaban J connectivity index is 1.51. The summed E-state index contributed by atoms with van der Waals surface area (Å²) < 4.78 is 5.47. The van der Waals surface area contributed by atoms with E-state index < -0.39 is 0 Å². The first-order valence-electron chi connectivity index (χ1n) is 9.70. The summed E-state index contributed by atoms with van der Waals surface area (Å²) in [5, 5.41) is 6.01. The lowest BCUT2D eigenvalue weighted by molar-refractivity contribution is 0.0985. The molecule has 0 spiro atoms. The van der Waals surface area contributed by atoms with Gasteiger partial charge in [0.15, 0.2) is 0 Å². The minimum Gasteiger partial charge on any atom is -0.380 e. The van der Waals surface area contributed by atoms with E-state index >= 15 is 0 Å². The molecule has 2 N–H and O–H groups in total. The first-order chi connectivity index (χ1) is 12.5. The van der Waals surface area contributed by atoms with Gasteiger partial charge in [0.1, 0.15) is 5.82 Å². The highest BCUT2D eigenvalue weighted by atomic mass is 16.5. The van der Waals surface area contributed by atoms with E-state index in [1.165, 1.54) is 0 Å². The molecule has 1 aromatic heterocycles. The molecule has 3 rings (SSSR count). The Morgan fingerprint density at radius 3 is 2.73 bits per heavy atom. The Kier molecular flexibility index (Phi) is 6.43. The molecule has 3 atom stereocenters. The number of methoxy groups -OCH3 is 1. The monoisotopic (exact) mass is 361 g/mol. The Hall–Kier alpha value is -1.73. The number of likely N-dealkylation sites (tertiary alicyclic amines) is 1. The molecule has 1 aromatic rings. The fraction of sp³-hybridized carbons (Fsp3) is 0.737. The normalized spacial score (nSPS) is 26.4. The molecule has 7 nitrogen and oxygen atoms in total. The van der Waals surface area contributed by atoms with Crippen molar-refractivity contribution in [3.8, 4) is 0 Å². The Morgan fingerprint density at radius 2 is 2.08 bits per heavy atom. The van der Waals surface area contributed by atoms with E-state index in [1.807, 2.05) is 0 Å². The standard InChI is InChI=1S/C19H31N5O2/c1-13(2)9-18-20-10-14(11-21-18)22-19(25)23-16-5-4-6-17(16)24-8-7-15(12-24)26-3/h10-11,13,15-17H,4-9,12H2,1-3H3,(H2,22,23,25)/t15?,16-,17+/m0/s1. The van der Waals surface area contributed by atoms with Gasteiger partial charge in [0.25, 0.3) is 0 Å². The molecule has 1 aliphatic heterocycles. The van der Waals surface area contributed by atoms with Crippen LogP contribution in [0.5, 0.6) is 0 Å². The molecule has 2 fully saturated rings. The summed E-state index contributed by atoms with van der Waals surface area (Å²) in [5.41, 5.74) is 0.630. The van der Waals surface area contributed by atoms with Crippen molar-refractivity contribution < 1.29 is 9.53 Å². The summed E-state index contributed by atoms with van der Waals surface area (Å²) in [4.78, 5) is 23.5. The van der Waals surface area contributed by atoms with Gasteiger partial charge in [-0.1, -0.05) is 13.8 Å². The molecule has 1 unspecified atom stereocenters. The van der Waals surface area contributed by atoms with Gasteiger partial charge < -0.3 is 15.4 Å². The van der Waals surface area contributed by atoms with Crippen LogP contribution < -0.4 is 10.6 Å².